The summed E-state index contributed by atoms with van der Waals surface area (Å²) in [6.07, 6.45) is 0.828. The number of carbonyl (C=O) groups excluding carboxylic acids is 1. The van der Waals surface area contributed by atoms with Crippen LogP contribution in [0.25, 0.3) is 11.1 Å². The van der Waals surface area contributed by atoms with Gasteiger partial charge in [-0.15, -0.1) is 11.6 Å². The van der Waals surface area contributed by atoms with Gasteiger partial charge in [0.25, 0.3) is 0 Å². The number of benzene rings is 2. The summed E-state index contributed by atoms with van der Waals surface area (Å²) in [6, 6.07) is 16.8. The summed E-state index contributed by atoms with van der Waals surface area (Å²) in [5.74, 6) is 0.793. The van der Waals surface area contributed by atoms with Gasteiger partial charge in [0.15, 0.2) is 0 Å². The van der Waals surface area contributed by atoms with Crippen LogP contribution in [0, 0.1) is 0 Å². The fourth-order valence-electron chi connectivity index (χ4n) is 2.60. The number of para-hydroxylation sites is 1. The minimum absolute atomic E-state index is 0.134. The Bertz CT molecular complexity index is 807. The molecule has 2 amide bonds. The van der Waals surface area contributed by atoms with E-state index < -0.39 is 12.8 Å². The highest BCUT2D eigenvalue weighted by molar-refractivity contribution is 8.56. The van der Waals surface area contributed by atoms with Crippen LogP contribution in [0.2, 0.25) is 0 Å². The average Bonchev–Trinajstić information content (AvgIpc) is 2.71. The van der Waals surface area contributed by atoms with E-state index in [2.05, 4.69) is 5.32 Å². The van der Waals surface area contributed by atoms with Gasteiger partial charge < -0.3 is 9.84 Å². The van der Waals surface area contributed by atoms with E-state index in [0.29, 0.717) is 11.4 Å². The Labute approximate surface area is 176 Å². The van der Waals surface area contributed by atoms with E-state index in [4.69, 9.17) is 16.1 Å². The first-order chi connectivity index (χ1) is 13.6. The first kappa shape index (κ1) is 22.8. The Kier molecular flexibility index (Phi) is 9.39. The normalized spacial score (nSPS) is 13.0. The van der Waals surface area contributed by atoms with Crippen molar-refractivity contribution in [3.05, 3.63) is 54.6 Å². The predicted octanol–water partition coefficient (Wildman–Crippen LogP) is 6.71. The third kappa shape index (κ3) is 6.02. The van der Waals surface area contributed by atoms with Gasteiger partial charge in [0.2, 0.25) is 0 Å². The molecule has 1 N–H and O–H groups in total. The van der Waals surface area contributed by atoms with E-state index in [0.717, 1.165) is 17.5 Å². The fraction of sp³-hybridized carbons (Fsp3) is 0.350. The van der Waals surface area contributed by atoms with Gasteiger partial charge in [0, 0.05) is 23.7 Å². The molecule has 0 aliphatic heterocycles. The van der Waals surface area contributed by atoms with Crippen LogP contribution in [0.3, 0.4) is 0 Å². The summed E-state index contributed by atoms with van der Waals surface area (Å²) in [6.45, 7) is 0.751. The molecule has 0 spiro atoms. The van der Waals surface area contributed by atoms with Gasteiger partial charge >= 0.3 is 12.8 Å². The quantitative estimate of drug-likeness (QED) is 0.329. The van der Waals surface area contributed by atoms with Gasteiger partial charge in [-0.1, -0.05) is 55.5 Å². The number of anilines is 1. The fourth-order valence-corrected chi connectivity index (χ4v) is 7.27. The molecular formula is C20H26ClN2O3PS. The summed E-state index contributed by atoms with van der Waals surface area (Å²) in [5.41, 5.74) is 2.51. The zero-order chi connectivity index (χ0) is 20.4. The summed E-state index contributed by atoms with van der Waals surface area (Å²) in [4.78, 5) is 13.1. The molecule has 0 saturated heterocycles. The van der Waals surface area contributed by atoms with Crippen molar-refractivity contribution in [2.45, 2.75) is 20.3 Å². The Morgan fingerprint density at radius 3 is 2.46 bits per heavy atom. The first-order valence-electron chi connectivity index (χ1n) is 9.24. The molecule has 0 radical (unpaired) electrons. The van der Waals surface area contributed by atoms with Crippen molar-refractivity contribution in [3.63, 3.8) is 0 Å². The number of hydrogen-bond acceptors (Lipinski definition) is 4. The molecule has 1 unspecified atom stereocenters. The number of urea groups is 1. The van der Waals surface area contributed by atoms with Crippen molar-refractivity contribution >= 4 is 41.4 Å². The maximum atomic E-state index is 13.4. The standard InChI is InChI=1S/C20H26ClN2O3PS/c1-3-16-28-27(25,26-4-2)23(15-14-21)20(24)22-19-13-9-8-12-18(19)17-10-6-5-7-11-17/h5-13H,3-4,14-16H2,1-2H3,(H,22,24). The van der Waals surface area contributed by atoms with Gasteiger partial charge in [-0.2, -0.15) is 0 Å². The van der Waals surface area contributed by atoms with Crippen LogP contribution in [0.1, 0.15) is 20.3 Å². The van der Waals surface area contributed by atoms with Crippen molar-refractivity contribution < 1.29 is 13.9 Å². The molecule has 152 valence electrons. The Hall–Kier alpha value is -1.46. The maximum absolute atomic E-state index is 13.4. The summed E-state index contributed by atoms with van der Waals surface area (Å²) in [7, 11) is 0. The lowest BCUT2D eigenvalue weighted by Gasteiger charge is -2.30. The zero-order valence-corrected chi connectivity index (χ0v) is 18.6. The molecule has 0 saturated carbocycles. The van der Waals surface area contributed by atoms with E-state index in [1.54, 1.807) is 6.92 Å². The third-order valence-electron chi connectivity index (χ3n) is 3.83. The highest BCUT2D eigenvalue weighted by Crippen LogP contribution is 2.62. The molecule has 2 rings (SSSR count). The lowest BCUT2D eigenvalue weighted by Crippen LogP contribution is -2.34. The monoisotopic (exact) mass is 440 g/mol. The zero-order valence-electron chi connectivity index (χ0n) is 16.1. The Balaban J connectivity index is 2.31. The largest absolute Gasteiger partial charge is 0.357 e. The molecule has 28 heavy (non-hydrogen) atoms. The van der Waals surface area contributed by atoms with Crippen molar-refractivity contribution in [3.8, 4) is 11.1 Å². The molecular weight excluding hydrogens is 415 g/mol. The van der Waals surface area contributed by atoms with Crippen molar-refractivity contribution in [1.82, 2.24) is 4.67 Å². The Morgan fingerprint density at radius 2 is 1.82 bits per heavy atom. The average molecular weight is 441 g/mol. The van der Waals surface area contributed by atoms with Crippen LogP contribution >= 0.6 is 29.7 Å². The second kappa shape index (κ2) is 11.5. The third-order valence-corrected chi connectivity index (χ3v) is 8.91. The van der Waals surface area contributed by atoms with E-state index in [-0.39, 0.29) is 19.0 Å². The first-order valence-corrected chi connectivity index (χ1v) is 12.9. The van der Waals surface area contributed by atoms with Crippen LogP contribution in [-0.4, -0.2) is 35.5 Å². The molecule has 1 atom stereocenters. The summed E-state index contributed by atoms with van der Waals surface area (Å²) >= 11 is 7.08. The lowest BCUT2D eigenvalue weighted by atomic mass is 10.0. The van der Waals surface area contributed by atoms with Crippen molar-refractivity contribution in [2.75, 3.05) is 30.1 Å². The number of rotatable bonds is 10. The molecule has 0 aliphatic rings. The van der Waals surface area contributed by atoms with Gasteiger partial charge in [0.05, 0.1) is 12.3 Å². The van der Waals surface area contributed by atoms with Crippen molar-refractivity contribution in [1.29, 1.82) is 0 Å². The highest BCUT2D eigenvalue weighted by Gasteiger charge is 2.36. The SMILES string of the molecule is CCCSP(=O)(OCC)N(CCCl)C(=O)Nc1ccccc1-c1ccccc1. The number of hydrogen-bond donors (Lipinski definition) is 1. The topological polar surface area (TPSA) is 58.6 Å². The van der Waals surface area contributed by atoms with E-state index >= 15 is 0 Å². The number of carbonyl (C=O) groups is 1. The minimum atomic E-state index is -3.39. The molecule has 0 heterocycles. The number of halogens is 1. The molecule has 2 aromatic rings. The molecule has 0 aromatic heterocycles. The maximum Gasteiger partial charge on any atom is 0.357 e. The minimum Gasteiger partial charge on any atom is -0.307 e. The van der Waals surface area contributed by atoms with Gasteiger partial charge in [-0.25, -0.2) is 9.46 Å². The lowest BCUT2D eigenvalue weighted by molar-refractivity contribution is 0.228. The van der Waals surface area contributed by atoms with Gasteiger partial charge in [0.1, 0.15) is 0 Å². The summed E-state index contributed by atoms with van der Waals surface area (Å²) < 4.78 is 20.2. The van der Waals surface area contributed by atoms with Crippen LogP contribution in [0.15, 0.2) is 54.6 Å². The smallest absolute Gasteiger partial charge is 0.307 e. The van der Waals surface area contributed by atoms with Gasteiger partial charge in [-0.3, -0.25) is 4.57 Å². The van der Waals surface area contributed by atoms with Crippen LogP contribution in [-0.2, 0) is 9.09 Å². The second-order valence-electron chi connectivity index (χ2n) is 5.87. The van der Waals surface area contributed by atoms with Crippen molar-refractivity contribution in [2.24, 2.45) is 0 Å². The summed E-state index contributed by atoms with van der Waals surface area (Å²) in [5, 5.41) is 2.90. The molecule has 8 heteroatoms. The molecule has 5 nitrogen and oxygen atoms in total. The van der Waals surface area contributed by atoms with Crippen LogP contribution < -0.4 is 5.32 Å². The molecule has 0 aliphatic carbocycles. The van der Waals surface area contributed by atoms with E-state index in [9.17, 15) is 9.36 Å². The van der Waals surface area contributed by atoms with Crippen LogP contribution in [0.5, 0.6) is 0 Å². The molecule has 0 fully saturated rings. The van der Waals surface area contributed by atoms with E-state index in [1.165, 1.54) is 16.1 Å². The molecule has 0 bridgehead atoms. The number of alkyl halides is 1. The number of nitrogens with zero attached hydrogens (tertiary/aromatic N) is 1. The predicted molar refractivity (Wildman–Crippen MR) is 120 cm³/mol. The van der Waals surface area contributed by atoms with E-state index in [1.807, 2.05) is 61.5 Å². The number of nitrogens with one attached hydrogen (secondary N) is 1. The second-order valence-corrected chi connectivity index (χ2v) is 10.8. The van der Waals surface area contributed by atoms with Gasteiger partial charge in [-0.05, 0) is 36.4 Å². The highest BCUT2D eigenvalue weighted by atomic mass is 35.5. The number of amides is 2. The molecule has 2 aromatic carbocycles. The van der Waals surface area contributed by atoms with Crippen LogP contribution in [0.4, 0.5) is 10.5 Å². The Morgan fingerprint density at radius 1 is 1.14 bits per heavy atom.